The van der Waals surface area contributed by atoms with Gasteiger partial charge in [0.05, 0.1) is 29.2 Å². The van der Waals surface area contributed by atoms with E-state index < -0.39 is 29.6 Å². The van der Waals surface area contributed by atoms with Crippen LogP contribution in [0.25, 0.3) is 33.4 Å². The zero-order valence-corrected chi connectivity index (χ0v) is 21.2. The molecule has 0 spiro atoms. The SMILES string of the molecule is CC(C)(C)OC(=O)N1C[C@@H](Nc2nc(-c3cc(-c4cn[nH]c4)ccc3O)nc3ccccc23)[C@H](C(=O)O)C1. The number of fused-ring (bicyclic) bond motifs is 1. The van der Waals surface area contributed by atoms with E-state index in [0.29, 0.717) is 22.3 Å². The molecule has 11 nitrogen and oxygen atoms in total. The number of carbonyl (C=O) groups is 2. The van der Waals surface area contributed by atoms with Gasteiger partial charge in [-0.25, -0.2) is 14.8 Å². The van der Waals surface area contributed by atoms with Crippen LogP contribution in [0, 0.1) is 5.92 Å². The molecule has 0 radical (unpaired) electrons. The standard InChI is InChI=1S/C27H28N6O5/c1-27(2,3)38-26(37)33-13-19(25(35)36)21(14-33)31-23-17-6-4-5-7-20(17)30-24(32-23)18-10-15(8-9-22(18)34)16-11-28-29-12-16/h4-12,19,21,34H,13-14H2,1-3H3,(H,28,29)(H,35,36)(H,30,31,32)/t19-,21-/m1/s1. The van der Waals surface area contributed by atoms with E-state index in [0.717, 1.165) is 11.1 Å². The van der Waals surface area contributed by atoms with Crippen molar-refractivity contribution in [2.75, 3.05) is 18.4 Å². The summed E-state index contributed by atoms with van der Waals surface area (Å²) < 4.78 is 5.46. The molecule has 1 saturated heterocycles. The molecule has 1 fully saturated rings. The minimum absolute atomic E-state index is 0.00106. The summed E-state index contributed by atoms with van der Waals surface area (Å²) in [5.41, 5.74) is 1.97. The lowest BCUT2D eigenvalue weighted by Gasteiger charge is -2.24. The van der Waals surface area contributed by atoms with Crippen LogP contribution in [0.2, 0.25) is 0 Å². The predicted molar refractivity (Wildman–Crippen MR) is 141 cm³/mol. The van der Waals surface area contributed by atoms with E-state index in [2.05, 4.69) is 20.5 Å². The van der Waals surface area contributed by atoms with Gasteiger partial charge in [0, 0.05) is 30.2 Å². The van der Waals surface area contributed by atoms with Gasteiger partial charge in [-0.05, 0) is 50.6 Å². The van der Waals surface area contributed by atoms with Crippen LogP contribution in [0.4, 0.5) is 10.6 Å². The third kappa shape index (κ3) is 5.08. The molecule has 1 aliphatic rings. The first kappa shape index (κ1) is 25.0. The number of nitrogens with one attached hydrogen (secondary N) is 2. The zero-order chi connectivity index (χ0) is 27.0. The van der Waals surface area contributed by atoms with E-state index in [1.54, 1.807) is 51.4 Å². The van der Waals surface area contributed by atoms with Crippen molar-refractivity contribution in [2.24, 2.45) is 5.92 Å². The van der Waals surface area contributed by atoms with Crippen LogP contribution in [0.5, 0.6) is 5.75 Å². The quantitative estimate of drug-likeness (QED) is 0.307. The Morgan fingerprint density at radius 2 is 1.89 bits per heavy atom. The maximum absolute atomic E-state index is 12.7. The molecule has 0 saturated carbocycles. The number of hydrogen-bond acceptors (Lipinski definition) is 8. The van der Waals surface area contributed by atoms with Crippen molar-refractivity contribution in [2.45, 2.75) is 32.4 Å². The fourth-order valence-electron chi connectivity index (χ4n) is 4.46. The summed E-state index contributed by atoms with van der Waals surface area (Å²) in [7, 11) is 0. The summed E-state index contributed by atoms with van der Waals surface area (Å²) in [5.74, 6) is -1.24. The van der Waals surface area contributed by atoms with Crippen LogP contribution in [-0.4, -0.2) is 72.1 Å². The van der Waals surface area contributed by atoms with Crippen LogP contribution < -0.4 is 5.32 Å². The van der Waals surface area contributed by atoms with Crippen molar-refractivity contribution in [1.82, 2.24) is 25.1 Å². The third-order valence-corrected chi connectivity index (χ3v) is 6.28. The fourth-order valence-corrected chi connectivity index (χ4v) is 4.46. The lowest BCUT2D eigenvalue weighted by molar-refractivity contribution is -0.141. The summed E-state index contributed by atoms with van der Waals surface area (Å²) in [5, 5.41) is 31.3. The van der Waals surface area contributed by atoms with E-state index >= 15 is 0 Å². The number of phenols is 1. The zero-order valence-electron chi connectivity index (χ0n) is 21.2. The molecule has 2 atom stereocenters. The molecule has 0 aliphatic carbocycles. The molecule has 1 amide bonds. The molecular weight excluding hydrogens is 488 g/mol. The molecule has 4 N–H and O–H groups in total. The number of rotatable bonds is 5. The molecule has 38 heavy (non-hydrogen) atoms. The lowest BCUT2D eigenvalue weighted by atomic mass is 10.0. The molecule has 2 aromatic carbocycles. The van der Waals surface area contributed by atoms with E-state index in [9.17, 15) is 19.8 Å². The van der Waals surface area contributed by atoms with Crippen LogP contribution in [0.1, 0.15) is 20.8 Å². The number of ether oxygens (including phenoxy) is 1. The first-order valence-electron chi connectivity index (χ1n) is 12.2. The molecule has 196 valence electrons. The highest BCUT2D eigenvalue weighted by atomic mass is 16.6. The number of amides is 1. The Hall–Kier alpha value is -4.67. The number of nitrogens with zero attached hydrogens (tertiary/aromatic N) is 4. The Morgan fingerprint density at radius 1 is 1.11 bits per heavy atom. The molecule has 0 bridgehead atoms. The number of aromatic amines is 1. The molecule has 5 rings (SSSR count). The second-order valence-corrected chi connectivity index (χ2v) is 10.2. The normalized spacial score (nSPS) is 17.5. The molecule has 11 heteroatoms. The number of anilines is 1. The average molecular weight is 517 g/mol. The molecule has 1 aliphatic heterocycles. The average Bonchev–Trinajstić information content (AvgIpc) is 3.54. The number of aromatic hydroxyl groups is 1. The Morgan fingerprint density at radius 3 is 2.61 bits per heavy atom. The number of aliphatic carboxylic acids is 1. The number of carbonyl (C=O) groups excluding carboxylic acids is 1. The monoisotopic (exact) mass is 516 g/mol. The van der Waals surface area contributed by atoms with Gasteiger partial charge in [0.1, 0.15) is 17.2 Å². The van der Waals surface area contributed by atoms with Crippen LogP contribution in [0.15, 0.2) is 54.9 Å². The first-order valence-corrected chi connectivity index (χ1v) is 12.2. The number of para-hydroxylation sites is 1. The van der Waals surface area contributed by atoms with Gasteiger partial charge in [-0.1, -0.05) is 18.2 Å². The number of carboxylic acid groups (broad SMARTS) is 1. The number of carboxylic acids is 1. The molecule has 3 heterocycles. The minimum atomic E-state index is -1.03. The van der Waals surface area contributed by atoms with Crippen LogP contribution in [-0.2, 0) is 9.53 Å². The van der Waals surface area contributed by atoms with E-state index in [1.807, 2.05) is 24.3 Å². The third-order valence-electron chi connectivity index (χ3n) is 6.28. The van der Waals surface area contributed by atoms with Gasteiger partial charge < -0.3 is 25.2 Å². The lowest BCUT2D eigenvalue weighted by Crippen LogP contribution is -2.36. The number of H-pyrrole nitrogens is 1. The highest BCUT2D eigenvalue weighted by Crippen LogP contribution is 2.34. The number of aromatic nitrogens is 4. The van der Waals surface area contributed by atoms with Gasteiger partial charge in [0.15, 0.2) is 5.82 Å². The highest BCUT2D eigenvalue weighted by Gasteiger charge is 2.41. The first-order chi connectivity index (χ1) is 18.1. The van der Waals surface area contributed by atoms with Gasteiger partial charge in [-0.15, -0.1) is 0 Å². The topological polar surface area (TPSA) is 154 Å². The van der Waals surface area contributed by atoms with Crippen molar-refractivity contribution in [3.05, 3.63) is 54.9 Å². The van der Waals surface area contributed by atoms with E-state index in [1.165, 1.54) is 4.90 Å². The van der Waals surface area contributed by atoms with Gasteiger partial charge in [0.25, 0.3) is 0 Å². The Balaban J connectivity index is 1.52. The van der Waals surface area contributed by atoms with Crippen LogP contribution in [0.3, 0.4) is 0 Å². The van der Waals surface area contributed by atoms with Gasteiger partial charge in [-0.2, -0.15) is 5.10 Å². The van der Waals surface area contributed by atoms with Crippen molar-refractivity contribution < 1.29 is 24.5 Å². The largest absolute Gasteiger partial charge is 0.507 e. The minimum Gasteiger partial charge on any atom is -0.507 e. The van der Waals surface area contributed by atoms with E-state index in [-0.39, 0.29) is 24.7 Å². The Kier molecular flexibility index (Phi) is 6.35. The molecule has 0 unspecified atom stereocenters. The van der Waals surface area contributed by atoms with Gasteiger partial charge in [0.2, 0.25) is 0 Å². The van der Waals surface area contributed by atoms with Crippen molar-refractivity contribution >= 4 is 28.8 Å². The molecule has 2 aromatic heterocycles. The predicted octanol–water partition coefficient (Wildman–Crippen LogP) is 4.12. The van der Waals surface area contributed by atoms with Crippen molar-refractivity contribution in [3.8, 4) is 28.3 Å². The smallest absolute Gasteiger partial charge is 0.410 e. The van der Waals surface area contributed by atoms with Crippen molar-refractivity contribution in [3.63, 3.8) is 0 Å². The molecule has 4 aromatic rings. The summed E-state index contributed by atoms with van der Waals surface area (Å²) in [4.78, 5) is 35.5. The van der Waals surface area contributed by atoms with Gasteiger partial charge >= 0.3 is 12.1 Å². The number of hydrogen-bond donors (Lipinski definition) is 4. The summed E-state index contributed by atoms with van der Waals surface area (Å²) in [6.45, 7) is 5.41. The number of likely N-dealkylation sites (tertiary alicyclic amines) is 1. The maximum atomic E-state index is 12.7. The highest BCUT2D eigenvalue weighted by molar-refractivity contribution is 5.91. The Labute approximate surface area is 218 Å². The summed E-state index contributed by atoms with van der Waals surface area (Å²) >= 11 is 0. The summed E-state index contributed by atoms with van der Waals surface area (Å²) in [6.07, 6.45) is 2.85. The number of phenolic OH excluding ortho intramolecular Hbond substituents is 1. The fraction of sp³-hybridized carbons (Fsp3) is 0.296. The maximum Gasteiger partial charge on any atom is 0.410 e. The second kappa shape index (κ2) is 9.66. The van der Waals surface area contributed by atoms with E-state index in [4.69, 9.17) is 9.72 Å². The summed E-state index contributed by atoms with van der Waals surface area (Å²) in [6, 6.07) is 11.8. The van der Waals surface area contributed by atoms with Crippen molar-refractivity contribution in [1.29, 1.82) is 0 Å². The number of benzene rings is 2. The van der Waals surface area contributed by atoms with Gasteiger partial charge in [-0.3, -0.25) is 9.89 Å². The Bertz CT molecular complexity index is 1500. The molecular formula is C27H28N6O5. The second-order valence-electron chi connectivity index (χ2n) is 10.2. The van der Waals surface area contributed by atoms with Crippen LogP contribution >= 0.6 is 0 Å².